The number of hydrogen-bond donors (Lipinski definition) is 1. The van der Waals surface area contributed by atoms with Crippen LogP contribution in [0.15, 0.2) is 12.3 Å². The number of aryl methyl sites for hydroxylation is 1. The van der Waals surface area contributed by atoms with Crippen LogP contribution in [-0.4, -0.2) is 14.9 Å². The number of nitro groups is 1. The highest BCUT2D eigenvalue weighted by Crippen LogP contribution is 2.25. The van der Waals surface area contributed by atoms with E-state index in [9.17, 15) is 10.1 Å². The standard InChI is InChI=1S/C8H6IN3O2/c1-4-7(12(13)14)2-5-6(9)3-10-8(5)11-4/h2-3H,1H3,(H,10,11). The third kappa shape index (κ3) is 1.35. The van der Waals surface area contributed by atoms with Gasteiger partial charge in [0.2, 0.25) is 0 Å². The number of aromatic nitrogens is 2. The molecule has 14 heavy (non-hydrogen) atoms. The lowest BCUT2D eigenvalue weighted by molar-refractivity contribution is -0.385. The Morgan fingerprint density at radius 2 is 2.36 bits per heavy atom. The molecule has 0 bridgehead atoms. The lowest BCUT2D eigenvalue weighted by Gasteiger charge is -1.96. The van der Waals surface area contributed by atoms with Crippen LogP contribution in [0, 0.1) is 20.6 Å². The fraction of sp³-hybridized carbons (Fsp3) is 0.125. The molecule has 2 heterocycles. The van der Waals surface area contributed by atoms with Crippen molar-refractivity contribution >= 4 is 39.3 Å². The molecule has 0 unspecified atom stereocenters. The smallest absolute Gasteiger partial charge is 0.291 e. The van der Waals surface area contributed by atoms with E-state index in [2.05, 4.69) is 32.6 Å². The van der Waals surface area contributed by atoms with Gasteiger partial charge in [-0.2, -0.15) is 0 Å². The second-order valence-electron chi connectivity index (χ2n) is 2.88. The van der Waals surface area contributed by atoms with Crippen LogP contribution in [0.4, 0.5) is 5.69 Å². The highest BCUT2D eigenvalue weighted by atomic mass is 127. The second-order valence-corrected chi connectivity index (χ2v) is 4.04. The molecule has 2 rings (SSSR count). The van der Waals surface area contributed by atoms with Crippen LogP contribution in [0.3, 0.4) is 0 Å². The summed E-state index contributed by atoms with van der Waals surface area (Å²) in [5.74, 6) is 0. The molecule has 0 saturated heterocycles. The minimum Gasteiger partial charge on any atom is -0.345 e. The number of rotatable bonds is 1. The number of aromatic amines is 1. The molecule has 0 atom stereocenters. The fourth-order valence-corrected chi connectivity index (χ4v) is 1.85. The van der Waals surface area contributed by atoms with E-state index < -0.39 is 4.92 Å². The quantitative estimate of drug-likeness (QED) is 0.499. The highest BCUT2D eigenvalue weighted by Gasteiger charge is 2.14. The van der Waals surface area contributed by atoms with Gasteiger partial charge in [-0.1, -0.05) is 0 Å². The predicted molar refractivity (Wildman–Crippen MR) is 60.2 cm³/mol. The van der Waals surface area contributed by atoms with Crippen LogP contribution in [0.2, 0.25) is 0 Å². The molecular weight excluding hydrogens is 297 g/mol. The summed E-state index contributed by atoms with van der Waals surface area (Å²) in [6.45, 7) is 1.63. The van der Waals surface area contributed by atoms with Gasteiger partial charge in [0.05, 0.1) is 4.92 Å². The van der Waals surface area contributed by atoms with E-state index in [1.54, 1.807) is 19.2 Å². The van der Waals surface area contributed by atoms with Gasteiger partial charge in [0, 0.05) is 21.2 Å². The SMILES string of the molecule is Cc1nc2[nH]cc(I)c2cc1[N+](=O)[O-]. The maximum absolute atomic E-state index is 10.7. The van der Waals surface area contributed by atoms with Crippen molar-refractivity contribution in [3.05, 3.63) is 31.6 Å². The van der Waals surface area contributed by atoms with Crippen LogP contribution >= 0.6 is 22.6 Å². The van der Waals surface area contributed by atoms with Crippen molar-refractivity contribution in [3.63, 3.8) is 0 Å². The van der Waals surface area contributed by atoms with Gasteiger partial charge in [0.1, 0.15) is 11.3 Å². The molecule has 2 aromatic heterocycles. The van der Waals surface area contributed by atoms with Crippen molar-refractivity contribution in [2.24, 2.45) is 0 Å². The summed E-state index contributed by atoms with van der Waals surface area (Å²) in [6.07, 6.45) is 1.78. The summed E-state index contributed by atoms with van der Waals surface area (Å²) in [5.41, 5.74) is 1.19. The normalized spacial score (nSPS) is 10.7. The molecule has 0 aliphatic heterocycles. The van der Waals surface area contributed by atoms with Gasteiger partial charge in [0.15, 0.2) is 0 Å². The van der Waals surface area contributed by atoms with Gasteiger partial charge in [-0.3, -0.25) is 10.1 Å². The van der Waals surface area contributed by atoms with E-state index in [0.717, 1.165) is 8.96 Å². The zero-order chi connectivity index (χ0) is 10.3. The van der Waals surface area contributed by atoms with E-state index in [1.165, 1.54) is 0 Å². The van der Waals surface area contributed by atoms with Gasteiger partial charge >= 0.3 is 0 Å². The summed E-state index contributed by atoms with van der Waals surface area (Å²) in [6, 6.07) is 1.55. The Labute approximate surface area is 92.8 Å². The maximum Gasteiger partial charge on any atom is 0.291 e. The van der Waals surface area contributed by atoms with Gasteiger partial charge < -0.3 is 4.98 Å². The van der Waals surface area contributed by atoms with Gasteiger partial charge in [-0.15, -0.1) is 0 Å². The number of halogens is 1. The fourth-order valence-electron chi connectivity index (χ4n) is 1.28. The lowest BCUT2D eigenvalue weighted by Crippen LogP contribution is -1.94. The first-order valence-corrected chi connectivity index (χ1v) is 4.96. The Kier molecular flexibility index (Phi) is 2.14. The second kappa shape index (κ2) is 3.19. The minimum absolute atomic E-state index is 0.0648. The predicted octanol–water partition coefficient (Wildman–Crippen LogP) is 2.38. The van der Waals surface area contributed by atoms with Crippen molar-refractivity contribution in [1.29, 1.82) is 0 Å². The Morgan fingerprint density at radius 3 is 3.00 bits per heavy atom. The van der Waals surface area contributed by atoms with Crippen molar-refractivity contribution in [2.75, 3.05) is 0 Å². The molecule has 2 aromatic rings. The van der Waals surface area contributed by atoms with Gasteiger partial charge in [-0.25, -0.2) is 4.98 Å². The topological polar surface area (TPSA) is 71.8 Å². The molecule has 0 aliphatic carbocycles. The summed E-state index contributed by atoms with van der Waals surface area (Å²) < 4.78 is 0.938. The number of nitrogens with one attached hydrogen (secondary N) is 1. The molecule has 0 fully saturated rings. The summed E-state index contributed by atoms with van der Waals surface area (Å²) >= 11 is 2.11. The Balaban J connectivity index is 2.80. The van der Waals surface area contributed by atoms with E-state index in [0.29, 0.717) is 11.3 Å². The third-order valence-corrected chi connectivity index (χ3v) is 2.87. The van der Waals surface area contributed by atoms with Crippen LogP contribution in [-0.2, 0) is 0 Å². The molecule has 0 aliphatic rings. The molecule has 0 aromatic carbocycles. The molecule has 5 nitrogen and oxygen atoms in total. The molecule has 0 amide bonds. The average molecular weight is 303 g/mol. The first-order valence-electron chi connectivity index (χ1n) is 3.88. The van der Waals surface area contributed by atoms with E-state index in [-0.39, 0.29) is 5.69 Å². The molecule has 0 spiro atoms. The molecule has 72 valence electrons. The van der Waals surface area contributed by atoms with Crippen molar-refractivity contribution < 1.29 is 4.92 Å². The maximum atomic E-state index is 10.7. The van der Waals surface area contributed by atoms with E-state index in [1.807, 2.05) is 0 Å². The number of nitrogens with zero attached hydrogens (tertiary/aromatic N) is 2. The monoisotopic (exact) mass is 303 g/mol. The zero-order valence-corrected chi connectivity index (χ0v) is 9.40. The van der Waals surface area contributed by atoms with E-state index >= 15 is 0 Å². The van der Waals surface area contributed by atoms with Crippen molar-refractivity contribution in [2.45, 2.75) is 6.92 Å². The molecule has 6 heteroatoms. The molecule has 0 radical (unpaired) electrons. The third-order valence-electron chi connectivity index (χ3n) is 1.98. The molecule has 0 saturated carbocycles. The van der Waals surface area contributed by atoms with Crippen LogP contribution in [0.25, 0.3) is 11.0 Å². The minimum atomic E-state index is -0.412. The van der Waals surface area contributed by atoms with Crippen LogP contribution in [0.5, 0.6) is 0 Å². The van der Waals surface area contributed by atoms with Gasteiger partial charge in [0.25, 0.3) is 5.69 Å². The lowest BCUT2D eigenvalue weighted by atomic mass is 10.2. The highest BCUT2D eigenvalue weighted by molar-refractivity contribution is 14.1. The molecular formula is C8H6IN3O2. The van der Waals surface area contributed by atoms with Crippen molar-refractivity contribution in [3.8, 4) is 0 Å². The summed E-state index contributed by atoms with van der Waals surface area (Å²) in [5, 5.41) is 11.4. The summed E-state index contributed by atoms with van der Waals surface area (Å²) in [4.78, 5) is 17.3. The number of pyridine rings is 1. The number of hydrogen-bond acceptors (Lipinski definition) is 3. The van der Waals surface area contributed by atoms with Gasteiger partial charge in [-0.05, 0) is 29.5 Å². The van der Waals surface area contributed by atoms with Crippen LogP contribution in [0.1, 0.15) is 5.69 Å². The van der Waals surface area contributed by atoms with Crippen molar-refractivity contribution in [1.82, 2.24) is 9.97 Å². The Bertz CT molecular complexity index is 521. The Hall–Kier alpha value is -1.18. The van der Waals surface area contributed by atoms with E-state index in [4.69, 9.17) is 0 Å². The molecule has 1 N–H and O–H groups in total. The average Bonchev–Trinajstić information content (AvgIpc) is 2.46. The number of fused-ring (bicyclic) bond motifs is 1. The van der Waals surface area contributed by atoms with Crippen LogP contribution < -0.4 is 0 Å². The first kappa shape index (κ1) is 9.38. The number of H-pyrrole nitrogens is 1. The first-order chi connectivity index (χ1) is 6.59. The Morgan fingerprint density at radius 1 is 1.64 bits per heavy atom. The zero-order valence-electron chi connectivity index (χ0n) is 7.24. The largest absolute Gasteiger partial charge is 0.345 e. The summed E-state index contributed by atoms with van der Waals surface area (Å²) in [7, 11) is 0.